The number of nitrogens with zero attached hydrogens (tertiary/aromatic N) is 4. The zero-order valence-corrected chi connectivity index (χ0v) is 18.1. The van der Waals surface area contributed by atoms with Crippen LogP contribution < -0.4 is 10.6 Å². The van der Waals surface area contributed by atoms with Crippen molar-refractivity contribution in [2.45, 2.75) is 46.1 Å². The Kier molecular flexibility index (Phi) is 11.9. The maximum Gasteiger partial charge on any atom is 0.191 e. The first kappa shape index (κ1) is 22.2. The van der Waals surface area contributed by atoms with Crippen molar-refractivity contribution in [1.82, 2.24) is 25.3 Å². The molecule has 25 heavy (non-hydrogen) atoms. The van der Waals surface area contributed by atoms with Gasteiger partial charge in [-0.15, -0.1) is 24.0 Å². The number of nitrogens with one attached hydrogen (secondary N) is 2. The highest BCUT2D eigenvalue weighted by Crippen LogP contribution is 2.11. The second-order valence-corrected chi connectivity index (χ2v) is 6.74. The average Bonchev–Trinajstić information content (AvgIpc) is 3.11. The molecule has 0 radical (unpaired) electrons. The zero-order chi connectivity index (χ0) is 17.0. The predicted molar refractivity (Wildman–Crippen MR) is 116 cm³/mol. The highest BCUT2D eigenvalue weighted by atomic mass is 127. The van der Waals surface area contributed by atoms with Gasteiger partial charge in [-0.1, -0.05) is 13.3 Å². The van der Waals surface area contributed by atoms with E-state index in [0.717, 1.165) is 38.6 Å². The molecule has 0 aromatic carbocycles. The Labute approximate surface area is 169 Å². The molecule has 0 spiro atoms. The highest BCUT2D eigenvalue weighted by molar-refractivity contribution is 14.0. The van der Waals surface area contributed by atoms with Gasteiger partial charge in [0.25, 0.3) is 0 Å². The molecule has 1 aromatic heterocycles. The molecule has 0 aliphatic carbocycles. The highest BCUT2D eigenvalue weighted by Gasteiger charge is 2.13. The topological polar surface area (TPSA) is 57.5 Å². The Morgan fingerprint density at radius 3 is 2.72 bits per heavy atom. The molecule has 2 N–H and O–H groups in total. The van der Waals surface area contributed by atoms with Gasteiger partial charge in [0.15, 0.2) is 5.96 Å². The van der Waals surface area contributed by atoms with E-state index in [-0.39, 0.29) is 24.0 Å². The van der Waals surface area contributed by atoms with Crippen molar-refractivity contribution in [2.24, 2.45) is 10.9 Å². The Balaban J connectivity index is 0.00000312. The molecule has 1 saturated heterocycles. The standard InChI is InChI=1S/C18H34N6.HI/c1-3-19-18(20-9-7-13-24-14-8-10-22-24)21-15-17(2)16-23-11-5-4-6-12-23;/h8,10,14,17H,3-7,9,11-13,15-16H2,1-2H3,(H2,19,20,21);1H. The molecule has 0 saturated carbocycles. The van der Waals surface area contributed by atoms with E-state index in [4.69, 9.17) is 4.99 Å². The summed E-state index contributed by atoms with van der Waals surface area (Å²) in [7, 11) is 0. The predicted octanol–water partition coefficient (Wildman–Crippen LogP) is 2.57. The Hall–Kier alpha value is -0.830. The van der Waals surface area contributed by atoms with Gasteiger partial charge in [0.05, 0.1) is 0 Å². The number of aliphatic imine (C=N–C) groups is 1. The van der Waals surface area contributed by atoms with Gasteiger partial charge in [-0.25, -0.2) is 0 Å². The molecule has 144 valence electrons. The molecule has 1 atom stereocenters. The van der Waals surface area contributed by atoms with Crippen molar-refractivity contribution in [3.05, 3.63) is 18.5 Å². The van der Waals surface area contributed by atoms with Crippen LogP contribution in [-0.4, -0.2) is 59.9 Å². The number of guanidine groups is 1. The summed E-state index contributed by atoms with van der Waals surface area (Å²) in [4.78, 5) is 7.35. The van der Waals surface area contributed by atoms with Crippen LogP contribution in [0.15, 0.2) is 23.5 Å². The lowest BCUT2D eigenvalue weighted by molar-refractivity contribution is 0.203. The second-order valence-electron chi connectivity index (χ2n) is 6.74. The minimum Gasteiger partial charge on any atom is -0.357 e. The molecule has 1 aromatic rings. The maximum atomic E-state index is 4.76. The minimum absolute atomic E-state index is 0. The summed E-state index contributed by atoms with van der Waals surface area (Å²) in [6.45, 7) is 11.7. The summed E-state index contributed by atoms with van der Waals surface area (Å²) in [5.74, 6) is 1.53. The number of aromatic nitrogens is 2. The van der Waals surface area contributed by atoms with Gasteiger partial charge in [-0.05, 0) is 51.3 Å². The molecule has 0 amide bonds. The van der Waals surface area contributed by atoms with E-state index in [1.54, 1.807) is 0 Å². The summed E-state index contributed by atoms with van der Waals surface area (Å²) >= 11 is 0. The molecule has 1 fully saturated rings. The van der Waals surface area contributed by atoms with Gasteiger partial charge in [0.1, 0.15) is 0 Å². The van der Waals surface area contributed by atoms with Crippen LogP contribution in [0.4, 0.5) is 0 Å². The van der Waals surface area contributed by atoms with E-state index in [1.165, 1.54) is 38.9 Å². The third-order valence-electron chi connectivity index (χ3n) is 4.34. The van der Waals surface area contributed by atoms with Gasteiger partial charge in [0, 0.05) is 45.1 Å². The van der Waals surface area contributed by atoms with Crippen molar-refractivity contribution >= 4 is 29.9 Å². The Morgan fingerprint density at radius 1 is 1.24 bits per heavy atom. The van der Waals surface area contributed by atoms with E-state index in [1.807, 2.05) is 23.1 Å². The van der Waals surface area contributed by atoms with Gasteiger partial charge in [0.2, 0.25) is 0 Å². The van der Waals surface area contributed by atoms with Gasteiger partial charge >= 0.3 is 0 Å². The molecule has 1 aliphatic heterocycles. The molecular formula is C18H35IN6. The van der Waals surface area contributed by atoms with Crippen LogP contribution in [0.2, 0.25) is 0 Å². The zero-order valence-electron chi connectivity index (χ0n) is 15.8. The monoisotopic (exact) mass is 462 g/mol. The first-order valence-electron chi connectivity index (χ1n) is 9.50. The third-order valence-corrected chi connectivity index (χ3v) is 4.34. The quantitative estimate of drug-likeness (QED) is 0.256. The van der Waals surface area contributed by atoms with E-state index in [0.29, 0.717) is 5.92 Å². The molecule has 0 bridgehead atoms. The number of rotatable bonds is 9. The maximum absolute atomic E-state index is 4.76. The van der Waals surface area contributed by atoms with Gasteiger partial charge in [-0.3, -0.25) is 9.67 Å². The Morgan fingerprint density at radius 2 is 2.04 bits per heavy atom. The smallest absolute Gasteiger partial charge is 0.191 e. The average molecular weight is 462 g/mol. The SMILES string of the molecule is CCNC(=NCC(C)CN1CCCCC1)NCCCn1cccn1.I. The fourth-order valence-electron chi connectivity index (χ4n) is 3.11. The fraction of sp³-hybridized carbons (Fsp3) is 0.778. The number of likely N-dealkylation sites (tertiary alicyclic amines) is 1. The summed E-state index contributed by atoms with van der Waals surface area (Å²) < 4.78 is 1.96. The van der Waals surface area contributed by atoms with Crippen LogP contribution in [0.1, 0.15) is 39.5 Å². The molecule has 2 heterocycles. The molecule has 7 heteroatoms. The van der Waals surface area contributed by atoms with Crippen LogP contribution in [0.3, 0.4) is 0 Å². The third kappa shape index (κ3) is 9.44. The van der Waals surface area contributed by atoms with Crippen molar-refractivity contribution in [3.8, 4) is 0 Å². The van der Waals surface area contributed by atoms with E-state index < -0.39 is 0 Å². The van der Waals surface area contributed by atoms with E-state index >= 15 is 0 Å². The van der Waals surface area contributed by atoms with Crippen molar-refractivity contribution < 1.29 is 0 Å². The van der Waals surface area contributed by atoms with Crippen molar-refractivity contribution in [3.63, 3.8) is 0 Å². The fourth-order valence-corrected chi connectivity index (χ4v) is 3.11. The van der Waals surface area contributed by atoms with Gasteiger partial charge < -0.3 is 15.5 Å². The normalized spacial score (nSPS) is 17.0. The van der Waals surface area contributed by atoms with Crippen LogP contribution in [0, 0.1) is 5.92 Å². The van der Waals surface area contributed by atoms with Crippen molar-refractivity contribution in [1.29, 1.82) is 0 Å². The number of hydrogen-bond acceptors (Lipinski definition) is 3. The first-order valence-corrected chi connectivity index (χ1v) is 9.50. The largest absolute Gasteiger partial charge is 0.357 e. The van der Waals surface area contributed by atoms with E-state index in [2.05, 4.69) is 34.5 Å². The molecule has 2 rings (SSSR count). The minimum atomic E-state index is 0. The van der Waals surface area contributed by atoms with Crippen LogP contribution in [-0.2, 0) is 6.54 Å². The number of aryl methyl sites for hydroxylation is 1. The summed E-state index contributed by atoms with van der Waals surface area (Å²) in [6, 6.07) is 1.96. The van der Waals surface area contributed by atoms with Crippen molar-refractivity contribution in [2.75, 3.05) is 39.3 Å². The van der Waals surface area contributed by atoms with Crippen LogP contribution in [0.25, 0.3) is 0 Å². The first-order chi connectivity index (χ1) is 11.8. The van der Waals surface area contributed by atoms with E-state index in [9.17, 15) is 0 Å². The Bertz CT molecular complexity index is 456. The lowest BCUT2D eigenvalue weighted by atomic mass is 10.1. The molecule has 1 unspecified atom stereocenters. The number of hydrogen-bond donors (Lipinski definition) is 2. The second kappa shape index (κ2) is 13.4. The molecule has 1 aliphatic rings. The lowest BCUT2D eigenvalue weighted by Gasteiger charge is -2.28. The summed E-state index contributed by atoms with van der Waals surface area (Å²) in [5, 5.41) is 11.0. The molecule has 6 nitrogen and oxygen atoms in total. The lowest BCUT2D eigenvalue weighted by Crippen LogP contribution is -2.39. The number of halogens is 1. The summed E-state index contributed by atoms with van der Waals surface area (Å²) in [5.41, 5.74) is 0. The van der Waals surface area contributed by atoms with Gasteiger partial charge in [-0.2, -0.15) is 5.10 Å². The summed E-state index contributed by atoms with van der Waals surface area (Å²) in [6.07, 6.45) is 8.97. The van der Waals surface area contributed by atoms with Crippen LogP contribution >= 0.6 is 24.0 Å². The van der Waals surface area contributed by atoms with Crippen LogP contribution in [0.5, 0.6) is 0 Å². The number of piperidine rings is 1. The molecular weight excluding hydrogens is 427 g/mol.